The van der Waals surface area contributed by atoms with Crippen molar-refractivity contribution in [3.63, 3.8) is 0 Å². The van der Waals surface area contributed by atoms with Gasteiger partial charge < -0.3 is 19.5 Å². The lowest BCUT2D eigenvalue weighted by Crippen LogP contribution is -2.48. The van der Waals surface area contributed by atoms with Crippen molar-refractivity contribution < 1.29 is 9.53 Å². The average molecular weight is 430 g/mol. The van der Waals surface area contributed by atoms with Crippen LogP contribution in [0.1, 0.15) is 25.5 Å². The Morgan fingerprint density at radius 1 is 1.19 bits per heavy atom. The maximum atomic E-state index is 12.3. The number of nitrogens with one attached hydrogen (secondary N) is 1. The molecule has 1 aliphatic rings. The third kappa shape index (κ3) is 5.27. The molecule has 1 N–H and O–H groups in total. The molecule has 1 aliphatic heterocycles. The van der Waals surface area contributed by atoms with E-state index in [0.717, 1.165) is 54.2 Å². The van der Waals surface area contributed by atoms with E-state index in [9.17, 15) is 4.79 Å². The van der Waals surface area contributed by atoms with Crippen molar-refractivity contribution in [3.8, 4) is 17.6 Å². The summed E-state index contributed by atoms with van der Waals surface area (Å²) in [6.07, 6.45) is 7.19. The number of hydrogen-bond donors (Lipinski definition) is 1. The van der Waals surface area contributed by atoms with E-state index >= 15 is 0 Å². The van der Waals surface area contributed by atoms with Crippen LogP contribution >= 0.6 is 0 Å². The Labute approximate surface area is 188 Å². The molecule has 3 heterocycles. The molecule has 1 amide bonds. The van der Waals surface area contributed by atoms with Gasteiger partial charge in [0.05, 0.1) is 11.1 Å². The lowest BCUT2D eigenvalue weighted by Gasteiger charge is -2.35. The number of piperazine rings is 1. The van der Waals surface area contributed by atoms with Gasteiger partial charge in [0.15, 0.2) is 0 Å². The van der Waals surface area contributed by atoms with E-state index in [2.05, 4.69) is 38.6 Å². The first-order valence-electron chi connectivity index (χ1n) is 11.0. The van der Waals surface area contributed by atoms with Crippen LogP contribution in [0.15, 0.2) is 54.9 Å². The maximum Gasteiger partial charge on any atom is 0.246 e. The summed E-state index contributed by atoms with van der Waals surface area (Å²) in [6.45, 7) is 5.23. The summed E-state index contributed by atoms with van der Waals surface area (Å²) >= 11 is 0. The van der Waals surface area contributed by atoms with Crippen molar-refractivity contribution in [1.29, 1.82) is 0 Å². The number of amides is 1. The largest absolute Gasteiger partial charge is 0.481 e. The number of anilines is 1. The molecule has 32 heavy (non-hydrogen) atoms. The second kappa shape index (κ2) is 10.5. The van der Waals surface area contributed by atoms with Crippen molar-refractivity contribution in [2.75, 3.05) is 37.7 Å². The molecule has 0 saturated carbocycles. The molecule has 0 aliphatic carbocycles. The van der Waals surface area contributed by atoms with Gasteiger partial charge in [-0.2, -0.15) is 0 Å². The molecule has 7 heteroatoms. The molecule has 1 aromatic carbocycles. The van der Waals surface area contributed by atoms with Gasteiger partial charge in [-0.15, -0.1) is 0 Å². The van der Waals surface area contributed by atoms with Crippen LogP contribution in [-0.4, -0.2) is 58.5 Å². The zero-order chi connectivity index (χ0) is 22.2. The van der Waals surface area contributed by atoms with Crippen molar-refractivity contribution in [2.24, 2.45) is 0 Å². The highest BCUT2D eigenvalue weighted by atomic mass is 16.5. The summed E-state index contributed by atoms with van der Waals surface area (Å²) in [4.78, 5) is 28.5. The van der Waals surface area contributed by atoms with E-state index in [1.165, 1.54) is 0 Å². The molecule has 164 valence electrons. The number of fused-ring (bicyclic) bond motifs is 1. The SMILES string of the molecule is CCC/C=C/C(=O)N1CCN(c2ncnc3[nH]c(C#CCOc4ccccc4)cc23)CC1. The van der Waals surface area contributed by atoms with Gasteiger partial charge in [-0.05, 0) is 36.6 Å². The summed E-state index contributed by atoms with van der Waals surface area (Å²) in [5, 5.41) is 0.934. The first-order chi connectivity index (χ1) is 15.7. The monoisotopic (exact) mass is 429 g/mol. The molecule has 0 radical (unpaired) electrons. The topological polar surface area (TPSA) is 74.4 Å². The van der Waals surface area contributed by atoms with Crippen molar-refractivity contribution >= 4 is 22.8 Å². The minimum absolute atomic E-state index is 0.0860. The highest BCUT2D eigenvalue weighted by molar-refractivity contribution is 5.90. The third-order valence-electron chi connectivity index (χ3n) is 5.29. The van der Waals surface area contributed by atoms with Gasteiger partial charge in [-0.3, -0.25) is 4.79 Å². The third-order valence-corrected chi connectivity index (χ3v) is 5.29. The van der Waals surface area contributed by atoms with Crippen LogP contribution in [0.3, 0.4) is 0 Å². The zero-order valence-electron chi connectivity index (χ0n) is 18.3. The van der Waals surface area contributed by atoms with Crippen LogP contribution in [0.2, 0.25) is 0 Å². The number of hydrogen-bond acceptors (Lipinski definition) is 5. The van der Waals surface area contributed by atoms with Crippen LogP contribution < -0.4 is 9.64 Å². The van der Waals surface area contributed by atoms with Gasteiger partial charge in [0.1, 0.15) is 30.1 Å². The maximum absolute atomic E-state index is 12.3. The lowest BCUT2D eigenvalue weighted by molar-refractivity contribution is -0.126. The highest BCUT2D eigenvalue weighted by Crippen LogP contribution is 2.24. The van der Waals surface area contributed by atoms with E-state index in [4.69, 9.17) is 4.74 Å². The number of para-hydroxylation sites is 1. The molecule has 3 aromatic rings. The quantitative estimate of drug-likeness (QED) is 0.480. The molecule has 0 unspecified atom stereocenters. The van der Waals surface area contributed by atoms with Crippen LogP contribution in [0.4, 0.5) is 5.82 Å². The number of benzene rings is 1. The van der Waals surface area contributed by atoms with Crippen LogP contribution in [0.25, 0.3) is 11.0 Å². The van der Waals surface area contributed by atoms with E-state index in [1.807, 2.05) is 47.4 Å². The zero-order valence-corrected chi connectivity index (χ0v) is 18.3. The molecule has 1 fully saturated rings. The number of aromatic nitrogens is 3. The van der Waals surface area contributed by atoms with E-state index < -0.39 is 0 Å². The predicted octanol–water partition coefficient (Wildman–Crippen LogP) is 3.39. The summed E-state index contributed by atoms with van der Waals surface area (Å²) in [5.74, 6) is 7.89. The number of nitrogens with zero attached hydrogens (tertiary/aromatic N) is 4. The Hall–Kier alpha value is -3.79. The Morgan fingerprint density at radius 2 is 2.00 bits per heavy atom. The number of H-pyrrole nitrogens is 1. The molecule has 4 rings (SSSR count). The average Bonchev–Trinajstić information content (AvgIpc) is 3.26. The molecule has 1 saturated heterocycles. The fraction of sp³-hybridized carbons (Fsp3) is 0.320. The molecule has 0 bridgehead atoms. The van der Waals surface area contributed by atoms with Crippen molar-refractivity contribution in [3.05, 3.63) is 60.6 Å². The van der Waals surface area contributed by atoms with Gasteiger partial charge in [0.25, 0.3) is 0 Å². The standard InChI is InChI=1S/C25H27N5O2/c1-2-3-5-12-23(31)29-13-15-30(16-14-29)25-22-18-20(28-24(22)26-19-27-25)9-8-17-32-21-10-6-4-7-11-21/h4-7,10-12,18-19H,2-3,13-17H2,1H3,(H,26,27,28)/b12-5+. The Balaban J connectivity index is 1.40. The van der Waals surface area contributed by atoms with Crippen molar-refractivity contribution in [1.82, 2.24) is 19.9 Å². The first-order valence-corrected chi connectivity index (χ1v) is 11.0. The molecule has 0 spiro atoms. The minimum atomic E-state index is 0.0860. The van der Waals surface area contributed by atoms with Crippen LogP contribution in [0.5, 0.6) is 5.75 Å². The first kappa shape index (κ1) is 21.4. The number of allylic oxidation sites excluding steroid dienone is 1. The van der Waals surface area contributed by atoms with Crippen LogP contribution in [-0.2, 0) is 4.79 Å². The number of unbranched alkanes of at least 4 members (excludes halogenated alkanes) is 1. The fourth-order valence-electron chi connectivity index (χ4n) is 3.61. The Bertz CT molecular complexity index is 1140. The number of carbonyl (C=O) groups excluding carboxylic acids is 1. The molecular weight excluding hydrogens is 402 g/mol. The van der Waals surface area contributed by atoms with Crippen molar-refractivity contribution in [2.45, 2.75) is 19.8 Å². The Morgan fingerprint density at radius 3 is 2.78 bits per heavy atom. The molecule has 2 aromatic heterocycles. The highest BCUT2D eigenvalue weighted by Gasteiger charge is 2.22. The Kier molecular flexibility index (Phi) is 7.03. The number of ether oxygens (including phenoxy) is 1. The normalized spacial score (nSPS) is 13.9. The number of carbonyl (C=O) groups is 1. The fourth-order valence-corrected chi connectivity index (χ4v) is 3.61. The smallest absolute Gasteiger partial charge is 0.246 e. The van der Waals surface area contributed by atoms with Gasteiger partial charge in [0, 0.05) is 26.2 Å². The number of rotatable bonds is 6. The van der Waals surface area contributed by atoms with E-state index in [1.54, 1.807) is 12.4 Å². The molecular formula is C25H27N5O2. The summed E-state index contributed by atoms with van der Waals surface area (Å²) in [6, 6.07) is 11.6. The minimum Gasteiger partial charge on any atom is -0.481 e. The second-order valence-electron chi connectivity index (χ2n) is 7.55. The van der Waals surface area contributed by atoms with Gasteiger partial charge in [-0.1, -0.05) is 43.5 Å². The summed E-state index contributed by atoms with van der Waals surface area (Å²) < 4.78 is 5.62. The van der Waals surface area contributed by atoms with Gasteiger partial charge >= 0.3 is 0 Å². The van der Waals surface area contributed by atoms with Gasteiger partial charge in [0.2, 0.25) is 5.91 Å². The van der Waals surface area contributed by atoms with E-state index in [-0.39, 0.29) is 5.91 Å². The summed E-state index contributed by atoms with van der Waals surface area (Å²) in [5.41, 5.74) is 1.53. The van der Waals surface area contributed by atoms with Gasteiger partial charge in [-0.25, -0.2) is 9.97 Å². The summed E-state index contributed by atoms with van der Waals surface area (Å²) in [7, 11) is 0. The second-order valence-corrected chi connectivity index (χ2v) is 7.55. The molecule has 7 nitrogen and oxygen atoms in total. The predicted molar refractivity (Wildman–Crippen MR) is 126 cm³/mol. The van der Waals surface area contributed by atoms with E-state index in [0.29, 0.717) is 19.7 Å². The number of aromatic amines is 1. The molecule has 0 atom stereocenters. The lowest BCUT2D eigenvalue weighted by atomic mass is 10.2. The van der Waals surface area contributed by atoms with Crippen LogP contribution in [0, 0.1) is 11.8 Å².